The summed E-state index contributed by atoms with van der Waals surface area (Å²) >= 11 is 0. The second-order valence-electron chi connectivity index (χ2n) is 5.31. The van der Waals surface area contributed by atoms with Gasteiger partial charge in [0.25, 0.3) is 0 Å². The molecule has 1 fully saturated rings. The first kappa shape index (κ1) is 15.0. The number of aliphatic hydroxyl groups excluding tert-OH is 1. The normalized spacial score (nSPS) is 17.6. The zero-order valence-electron chi connectivity index (χ0n) is 12.4. The Morgan fingerprint density at radius 2 is 1.95 bits per heavy atom. The highest BCUT2D eigenvalue weighted by Gasteiger charge is 2.20. The summed E-state index contributed by atoms with van der Waals surface area (Å²) in [5.41, 5.74) is 2.06. The van der Waals surface area contributed by atoms with Gasteiger partial charge in [0, 0.05) is 38.3 Å². The number of H-pyrrole nitrogens is 1. The van der Waals surface area contributed by atoms with Gasteiger partial charge in [-0.25, -0.2) is 0 Å². The number of aromatic amines is 1. The molecule has 2 N–H and O–H groups in total. The van der Waals surface area contributed by atoms with Gasteiger partial charge in [0.05, 0.1) is 11.9 Å². The lowest BCUT2D eigenvalue weighted by Crippen LogP contribution is -2.47. The van der Waals surface area contributed by atoms with Crippen molar-refractivity contribution in [2.24, 2.45) is 0 Å². The molecule has 3 rings (SSSR count). The summed E-state index contributed by atoms with van der Waals surface area (Å²) in [5.74, 6) is 0. The number of para-hydroxylation sites is 1. The van der Waals surface area contributed by atoms with Gasteiger partial charge in [-0.1, -0.05) is 18.2 Å². The van der Waals surface area contributed by atoms with Crippen LogP contribution in [-0.4, -0.2) is 58.0 Å². The number of hydrogen-bond donors (Lipinski definition) is 2. The minimum atomic E-state index is -0.806. The molecule has 1 saturated heterocycles. The second-order valence-corrected chi connectivity index (χ2v) is 5.31. The number of piperazine rings is 1. The van der Waals surface area contributed by atoms with Gasteiger partial charge < -0.3 is 10.0 Å². The van der Waals surface area contributed by atoms with Crippen molar-refractivity contribution in [3.8, 4) is 0 Å². The molecule has 1 aromatic carbocycles. The molecule has 0 bridgehead atoms. The fraction of sp³-hybridized carbons (Fsp3) is 0.467. The minimum Gasteiger partial charge on any atom is -0.369 e. The van der Waals surface area contributed by atoms with E-state index in [1.165, 1.54) is 5.69 Å². The number of hydroxylamine groups is 2. The SMILES string of the molecule is OC(CCc1cn[nH]n1)ON1CCN(c2ccccc2)CC1. The van der Waals surface area contributed by atoms with Gasteiger partial charge in [-0.3, -0.25) is 4.84 Å². The largest absolute Gasteiger partial charge is 0.369 e. The van der Waals surface area contributed by atoms with Crippen molar-refractivity contribution >= 4 is 5.69 Å². The van der Waals surface area contributed by atoms with Crippen molar-refractivity contribution in [2.75, 3.05) is 31.1 Å². The van der Waals surface area contributed by atoms with Crippen molar-refractivity contribution < 1.29 is 9.94 Å². The lowest BCUT2D eigenvalue weighted by Gasteiger charge is -2.36. The molecule has 0 saturated carbocycles. The molecular formula is C15H21N5O2. The Morgan fingerprint density at radius 3 is 2.64 bits per heavy atom. The fourth-order valence-corrected chi connectivity index (χ4v) is 2.53. The van der Waals surface area contributed by atoms with Gasteiger partial charge >= 0.3 is 0 Å². The molecule has 1 atom stereocenters. The highest BCUT2D eigenvalue weighted by molar-refractivity contribution is 5.46. The fourth-order valence-electron chi connectivity index (χ4n) is 2.53. The number of aromatic nitrogens is 3. The molecule has 1 aliphatic rings. The molecule has 2 heterocycles. The Kier molecular flexibility index (Phi) is 4.99. The zero-order valence-corrected chi connectivity index (χ0v) is 12.4. The quantitative estimate of drug-likeness (QED) is 0.769. The third kappa shape index (κ3) is 4.03. The topological polar surface area (TPSA) is 77.5 Å². The van der Waals surface area contributed by atoms with E-state index in [1.54, 1.807) is 6.20 Å². The van der Waals surface area contributed by atoms with Crippen molar-refractivity contribution in [3.63, 3.8) is 0 Å². The van der Waals surface area contributed by atoms with Crippen LogP contribution in [0.2, 0.25) is 0 Å². The molecular weight excluding hydrogens is 282 g/mol. The smallest absolute Gasteiger partial charge is 0.175 e. The summed E-state index contributed by atoms with van der Waals surface area (Å²) < 4.78 is 0. The summed E-state index contributed by atoms with van der Waals surface area (Å²) in [6.45, 7) is 3.33. The van der Waals surface area contributed by atoms with Crippen LogP contribution in [0.4, 0.5) is 5.69 Å². The van der Waals surface area contributed by atoms with Crippen LogP contribution in [0.15, 0.2) is 36.5 Å². The molecule has 1 unspecified atom stereocenters. The van der Waals surface area contributed by atoms with Crippen LogP contribution >= 0.6 is 0 Å². The molecule has 7 nitrogen and oxygen atoms in total. The third-order valence-electron chi connectivity index (χ3n) is 3.74. The van der Waals surface area contributed by atoms with Crippen molar-refractivity contribution in [1.82, 2.24) is 20.5 Å². The van der Waals surface area contributed by atoms with E-state index in [0.29, 0.717) is 12.8 Å². The second kappa shape index (κ2) is 7.35. The highest BCUT2D eigenvalue weighted by atomic mass is 16.8. The van der Waals surface area contributed by atoms with E-state index in [2.05, 4.69) is 32.4 Å². The van der Waals surface area contributed by atoms with Crippen LogP contribution < -0.4 is 4.90 Å². The van der Waals surface area contributed by atoms with Crippen LogP contribution in [0, 0.1) is 0 Å². The average molecular weight is 303 g/mol. The van der Waals surface area contributed by atoms with Gasteiger partial charge in [-0.15, -0.1) is 0 Å². The maximum absolute atomic E-state index is 9.95. The van der Waals surface area contributed by atoms with E-state index in [4.69, 9.17) is 4.84 Å². The number of aliphatic hydroxyl groups is 1. The van der Waals surface area contributed by atoms with Gasteiger partial charge in [-0.05, 0) is 18.6 Å². The number of nitrogens with zero attached hydrogens (tertiary/aromatic N) is 4. The van der Waals surface area contributed by atoms with E-state index >= 15 is 0 Å². The van der Waals surface area contributed by atoms with E-state index in [0.717, 1.165) is 31.9 Å². The van der Waals surface area contributed by atoms with E-state index in [-0.39, 0.29) is 0 Å². The molecule has 0 aliphatic carbocycles. The summed E-state index contributed by atoms with van der Waals surface area (Å²) in [4.78, 5) is 7.90. The molecule has 0 amide bonds. The zero-order chi connectivity index (χ0) is 15.2. The Bertz CT molecular complexity index is 540. The van der Waals surface area contributed by atoms with Gasteiger partial charge in [0.1, 0.15) is 0 Å². The first-order valence-corrected chi connectivity index (χ1v) is 7.56. The van der Waals surface area contributed by atoms with Crippen molar-refractivity contribution in [3.05, 3.63) is 42.2 Å². The lowest BCUT2D eigenvalue weighted by molar-refractivity contribution is -0.266. The lowest BCUT2D eigenvalue weighted by atomic mass is 10.2. The summed E-state index contributed by atoms with van der Waals surface area (Å²) in [6, 6.07) is 10.3. The summed E-state index contributed by atoms with van der Waals surface area (Å²) in [7, 11) is 0. The van der Waals surface area contributed by atoms with E-state index in [9.17, 15) is 5.11 Å². The third-order valence-corrected chi connectivity index (χ3v) is 3.74. The first-order chi connectivity index (χ1) is 10.8. The highest BCUT2D eigenvalue weighted by Crippen LogP contribution is 2.16. The maximum Gasteiger partial charge on any atom is 0.175 e. The van der Waals surface area contributed by atoms with Gasteiger partial charge in [0.2, 0.25) is 0 Å². The minimum absolute atomic E-state index is 0.505. The molecule has 7 heteroatoms. The predicted octanol–water partition coefficient (Wildman–Crippen LogP) is 0.809. The van der Waals surface area contributed by atoms with Gasteiger partial charge in [-0.2, -0.15) is 20.5 Å². The standard InChI is InChI=1S/C15H21N5O2/c21-15(7-6-13-12-16-18-17-13)22-20-10-8-19(9-11-20)14-4-2-1-3-5-14/h1-5,12,15,21H,6-11H2,(H,16,17,18). The van der Waals surface area contributed by atoms with Gasteiger partial charge in [0.15, 0.2) is 6.29 Å². The molecule has 118 valence electrons. The molecule has 22 heavy (non-hydrogen) atoms. The monoisotopic (exact) mass is 303 g/mol. The van der Waals surface area contributed by atoms with Crippen molar-refractivity contribution in [1.29, 1.82) is 0 Å². The predicted molar refractivity (Wildman–Crippen MR) is 82.0 cm³/mol. The number of benzene rings is 1. The van der Waals surface area contributed by atoms with Crippen LogP contribution in [-0.2, 0) is 11.3 Å². The molecule has 1 aliphatic heterocycles. The average Bonchev–Trinajstić information content (AvgIpc) is 3.08. The van der Waals surface area contributed by atoms with Crippen LogP contribution in [0.1, 0.15) is 12.1 Å². The number of hydrogen-bond acceptors (Lipinski definition) is 6. The van der Waals surface area contributed by atoms with Crippen LogP contribution in [0.5, 0.6) is 0 Å². The number of aryl methyl sites for hydroxylation is 1. The number of rotatable bonds is 6. The Labute approximate surface area is 129 Å². The maximum atomic E-state index is 9.95. The summed E-state index contributed by atoms with van der Waals surface area (Å²) in [5, 5.41) is 22.0. The number of nitrogens with one attached hydrogen (secondary N) is 1. The van der Waals surface area contributed by atoms with Crippen LogP contribution in [0.25, 0.3) is 0 Å². The molecule has 0 radical (unpaired) electrons. The molecule has 1 aromatic heterocycles. The molecule has 2 aromatic rings. The van der Waals surface area contributed by atoms with E-state index < -0.39 is 6.29 Å². The Balaban J connectivity index is 1.40. The van der Waals surface area contributed by atoms with Crippen molar-refractivity contribution in [2.45, 2.75) is 19.1 Å². The Hall–Kier alpha value is -1.96. The molecule has 0 spiro atoms. The van der Waals surface area contributed by atoms with Crippen LogP contribution in [0.3, 0.4) is 0 Å². The number of anilines is 1. The van der Waals surface area contributed by atoms with E-state index in [1.807, 2.05) is 23.3 Å². The summed E-state index contributed by atoms with van der Waals surface area (Å²) in [6.07, 6.45) is 2.00. The first-order valence-electron chi connectivity index (χ1n) is 7.56. The Morgan fingerprint density at radius 1 is 1.18 bits per heavy atom.